The number of carbonyl (C=O) groups is 1. The number of carbonyl (C=O) groups excluding carboxylic acids is 1. The molecule has 0 unspecified atom stereocenters. The first kappa shape index (κ1) is 22.9. The Morgan fingerprint density at radius 1 is 0.939 bits per heavy atom. The van der Waals surface area contributed by atoms with Crippen molar-refractivity contribution >= 4 is 34.5 Å². The van der Waals surface area contributed by atoms with E-state index in [0.29, 0.717) is 6.54 Å². The summed E-state index contributed by atoms with van der Waals surface area (Å²) in [5.41, 5.74) is 6.06. The van der Waals surface area contributed by atoms with Gasteiger partial charge >= 0.3 is 6.03 Å². The quantitative estimate of drug-likeness (QED) is 0.321. The number of unbranched alkanes of at least 4 members (excludes halogenated alkanes) is 1. The maximum absolute atomic E-state index is 11.7. The fraction of sp³-hybridized carbons (Fsp3) is 0.269. The number of rotatable bonds is 8. The lowest BCUT2D eigenvalue weighted by Gasteiger charge is -2.07. The van der Waals surface area contributed by atoms with Crippen LogP contribution in [0.4, 0.5) is 10.5 Å². The van der Waals surface area contributed by atoms with Gasteiger partial charge in [-0.2, -0.15) is 4.80 Å². The SMILES string of the molecule is CCCCc1cc(C)cc(-n2nc3ccc(Sc4ccc(NC(=O)NCC)cc4)cc3n2)c1. The lowest BCUT2D eigenvalue weighted by molar-refractivity contribution is 0.252. The number of anilines is 1. The van der Waals surface area contributed by atoms with Gasteiger partial charge in [0, 0.05) is 22.0 Å². The summed E-state index contributed by atoms with van der Waals surface area (Å²) in [4.78, 5) is 15.6. The van der Waals surface area contributed by atoms with Gasteiger partial charge in [0.15, 0.2) is 0 Å². The molecule has 170 valence electrons. The molecule has 0 spiro atoms. The van der Waals surface area contributed by atoms with Gasteiger partial charge in [0.25, 0.3) is 0 Å². The van der Waals surface area contributed by atoms with E-state index in [-0.39, 0.29) is 6.03 Å². The Balaban J connectivity index is 1.50. The van der Waals surface area contributed by atoms with Gasteiger partial charge in [-0.3, -0.25) is 0 Å². The van der Waals surface area contributed by atoms with Crippen LogP contribution >= 0.6 is 11.8 Å². The van der Waals surface area contributed by atoms with Crippen molar-refractivity contribution in [3.05, 3.63) is 71.8 Å². The molecule has 7 heteroatoms. The van der Waals surface area contributed by atoms with Gasteiger partial charge in [-0.15, -0.1) is 10.2 Å². The number of urea groups is 1. The van der Waals surface area contributed by atoms with Crippen molar-refractivity contribution in [2.45, 2.75) is 49.8 Å². The first-order valence-corrected chi connectivity index (χ1v) is 12.2. The summed E-state index contributed by atoms with van der Waals surface area (Å²) in [6.45, 7) is 6.82. The van der Waals surface area contributed by atoms with E-state index in [4.69, 9.17) is 10.2 Å². The van der Waals surface area contributed by atoms with Gasteiger partial charge in [-0.25, -0.2) is 4.79 Å². The molecule has 33 heavy (non-hydrogen) atoms. The number of fused-ring (bicyclic) bond motifs is 1. The molecule has 0 aliphatic carbocycles. The third-order valence-corrected chi connectivity index (χ3v) is 6.21. The maximum Gasteiger partial charge on any atom is 0.319 e. The van der Waals surface area contributed by atoms with Crippen LogP contribution in [0, 0.1) is 6.92 Å². The fourth-order valence-electron chi connectivity index (χ4n) is 3.63. The second-order valence-corrected chi connectivity index (χ2v) is 9.18. The summed E-state index contributed by atoms with van der Waals surface area (Å²) in [5.74, 6) is 0. The molecule has 4 rings (SSSR count). The molecule has 0 aliphatic rings. The number of nitrogens with one attached hydrogen (secondary N) is 2. The maximum atomic E-state index is 11.7. The number of hydrogen-bond acceptors (Lipinski definition) is 4. The van der Waals surface area contributed by atoms with Crippen LogP contribution in [0.25, 0.3) is 16.7 Å². The molecule has 1 heterocycles. The van der Waals surface area contributed by atoms with Crippen LogP contribution in [0.3, 0.4) is 0 Å². The summed E-state index contributed by atoms with van der Waals surface area (Å²) in [7, 11) is 0. The summed E-state index contributed by atoms with van der Waals surface area (Å²) in [5, 5.41) is 15.0. The van der Waals surface area contributed by atoms with Gasteiger partial charge < -0.3 is 10.6 Å². The molecule has 2 N–H and O–H groups in total. The van der Waals surface area contributed by atoms with Crippen LogP contribution in [0.1, 0.15) is 37.8 Å². The lowest BCUT2D eigenvalue weighted by Crippen LogP contribution is -2.28. The predicted molar refractivity (Wildman–Crippen MR) is 135 cm³/mol. The summed E-state index contributed by atoms with van der Waals surface area (Å²) >= 11 is 1.65. The van der Waals surface area contributed by atoms with Crippen LogP contribution in [-0.4, -0.2) is 27.6 Å². The number of hydrogen-bond donors (Lipinski definition) is 2. The highest BCUT2D eigenvalue weighted by Gasteiger charge is 2.09. The highest BCUT2D eigenvalue weighted by atomic mass is 32.2. The van der Waals surface area contributed by atoms with Crippen LogP contribution in [0.15, 0.2) is 70.5 Å². The van der Waals surface area contributed by atoms with Gasteiger partial charge in [-0.05, 0) is 92.4 Å². The van der Waals surface area contributed by atoms with Gasteiger partial charge in [0.1, 0.15) is 11.0 Å². The van der Waals surface area contributed by atoms with E-state index in [2.05, 4.69) is 54.8 Å². The van der Waals surface area contributed by atoms with Crippen molar-refractivity contribution in [1.29, 1.82) is 0 Å². The highest BCUT2D eigenvalue weighted by molar-refractivity contribution is 7.99. The molecule has 2 amide bonds. The zero-order valence-electron chi connectivity index (χ0n) is 19.3. The van der Waals surface area contributed by atoms with E-state index in [1.807, 2.05) is 37.3 Å². The molecule has 0 bridgehead atoms. The zero-order valence-corrected chi connectivity index (χ0v) is 20.1. The monoisotopic (exact) mass is 459 g/mol. The van der Waals surface area contributed by atoms with Crippen molar-refractivity contribution < 1.29 is 4.79 Å². The standard InChI is InChI=1S/C26H29N5OS/c1-4-6-7-19-14-18(3)15-21(16-19)31-29-24-13-12-23(17-25(24)30-31)33-22-10-8-20(9-11-22)28-26(32)27-5-2/h8-17H,4-7H2,1-3H3,(H2,27,28,32). The number of benzene rings is 3. The number of amides is 2. The van der Waals surface area contributed by atoms with E-state index >= 15 is 0 Å². The Morgan fingerprint density at radius 2 is 1.70 bits per heavy atom. The topological polar surface area (TPSA) is 71.8 Å². The second-order valence-electron chi connectivity index (χ2n) is 8.03. The molecule has 3 aromatic carbocycles. The summed E-state index contributed by atoms with van der Waals surface area (Å²) in [6.07, 6.45) is 3.44. The van der Waals surface area contributed by atoms with Crippen LogP contribution < -0.4 is 10.6 Å². The fourth-order valence-corrected chi connectivity index (χ4v) is 4.48. The molecule has 0 saturated carbocycles. The molecular weight excluding hydrogens is 430 g/mol. The third-order valence-electron chi connectivity index (χ3n) is 5.21. The van der Waals surface area contributed by atoms with E-state index in [1.54, 1.807) is 16.6 Å². The Hall–Kier alpha value is -3.32. The molecule has 0 fully saturated rings. The second kappa shape index (κ2) is 10.5. The summed E-state index contributed by atoms with van der Waals surface area (Å²) in [6, 6.07) is 20.3. The van der Waals surface area contributed by atoms with Crippen LogP contribution in [0.2, 0.25) is 0 Å². The normalized spacial score (nSPS) is 11.0. The molecule has 0 saturated heterocycles. The van der Waals surface area contributed by atoms with Crippen molar-refractivity contribution in [2.24, 2.45) is 0 Å². The largest absolute Gasteiger partial charge is 0.338 e. The lowest BCUT2D eigenvalue weighted by atomic mass is 10.1. The number of aryl methyl sites for hydroxylation is 2. The van der Waals surface area contributed by atoms with E-state index in [9.17, 15) is 4.79 Å². The Labute approximate surface area is 198 Å². The average molecular weight is 460 g/mol. The molecule has 1 aromatic heterocycles. The Kier molecular flexibility index (Phi) is 7.29. The molecule has 0 aliphatic heterocycles. The van der Waals surface area contributed by atoms with E-state index < -0.39 is 0 Å². The third kappa shape index (κ3) is 5.93. The van der Waals surface area contributed by atoms with Crippen molar-refractivity contribution in [1.82, 2.24) is 20.3 Å². The van der Waals surface area contributed by atoms with Crippen molar-refractivity contribution in [3.8, 4) is 5.69 Å². The molecule has 0 radical (unpaired) electrons. The van der Waals surface area contributed by atoms with Crippen molar-refractivity contribution in [3.63, 3.8) is 0 Å². The highest BCUT2D eigenvalue weighted by Crippen LogP contribution is 2.30. The smallest absolute Gasteiger partial charge is 0.319 e. The van der Waals surface area contributed by atoms with E-state index in [1.165, 1.54) is 24.0 Å². The van der Waals surface area contributed by atoms with Crippen LogP contribution in [0.5, 0.6) is 0 Å². The van der Waals surface area contributed by atoms with Gasteiger partial charge in [-0.1, -0.05) is 31.2 Å². The van der Waals surface area contributed by atoms with Crippen molar-refractivity contribution in [2.75, 3.05) is 11.9 Å². The Bertz CT molecular complexity index is 1250. The van der Waals surface area contributed by atoms with Gasteiger partial charge in [0.05, 0.1) is 5.69 Å². The van der Waals surface area contributed by atoms with E-state index in [0.717, 1.165) is 38.6 Å². The summed E-state index contributed by atoms with van der Waals surface area (Å²) < 4.78 is 0. The predicted octanol–water partition coefficient (Wildman–Crippen LogP) is 6.36. The molecule has 6 nitrogen and oxygen atoms in total. The first-order chi connectivity index (χ1) is 16.0. The minimum Gasteiger partial charge on any atom is -0.338 e. The zero-order chi connectivity index (χ0) is 23.2. The Morgan fingerprint density at radius 3 is 2.45 bits per heavy atom. The molecular formula is C26H29N5OS. The van der Waals surface area contributed by atoms with Gasteiger partial charge in [0.2, 0.25) is 0 Å². The minimum absolute atomic E-state index is 0.197. The average Bonchev–Trinajstić information content (AvgIpc) is 3.22. The van der Waals surface area contributed by atoms with Crippen LogP contribution in [-0.2, 0) is 6.42 Å². The number of aromatic nitrogens is 3. The first-order valence-electron chi connectivity index (χ1n) is 11.3. The number of nitrogens with zero attached hydrogens (tertiary/aromatic N) is 3. The minimum atomic E-state index is -0.197. The molecule has 0 atom stereocenters. The molecule has 4 aromatic rings.